The van der Waals surface area contributed by atoms with E-state index in [2.05, 4.69) is 11.4 Å². The predicted molar refractivity (Wildman–Crippen MR) is 125 cm³/mol. The van der Waals surface area contributed by atoms with E-state index in [-0.39, 0.29) is 19.0 Å². The van der Waals surface area contributed by atoms with Crippen molar-refractivity contribution in [1.29, 1.82) is 0 Å². The van der Waals surface area contributed by atoms with Gasteiger partial charge in [0.15, 0.2) is 0 Å². The highest BCUT2D eigenvalue weighted by atomic mass is 19.1. The summed E-state index contributed by atoms with van der Waals surface area (Å²) in [5.41, 5.74) is 3.76. The number of benzene rings is 2. The van der Waals surface area contributed by atoms with Gasteiger partial charge in [-0.25, -0.2) is 9.18 Å². The van der Waals surface area contributed by atoms with Crippen molar-refractivity contribution in [3.05, 3.63) is 65.7 Å². The molecule has 0 saturated heterocycles. The van der Waals surface area contributed by atoms with Gasteiger partial charge in [0.25, 0.3) is 0 Å². The largest absolute Gasteiger partial charge is 0.444 e. The van der Waals surface area contributed by atoms with Gasteiger partial charge in [0.05, 0.1) is 6.54 Å². The van der Waals surface area contributed by atoms with E-state index in [9.17, 15) is 14.0 Å². The topological polar surface area (TPSA) is 58.6 Å². The zero-order valence-electron chi connectivity index (χ0n) is 19.2. The van der Waals surface area contributed by atoms with Gasteiger partial charge in [-0.15, -0.1) is 0 Å². The molecule has 0 fully saturated rings. The summed E-state index contributed by atoms with van der Waals surface area (Å²) in [6, 6.07) is 18.0. The quantitative estimate of drug-likeness (QED) is 0.696. The van der Waals surface area contributed by atoms with Crippen LogP contribution in [-0.2, 0) is 9.53 Å². The number of carbonyl (C=O) groups is 2. The summed E-state index contributed by atoms with van der Waals surface area (Å²) in [7, 11) is 0. The highest BCUT2D eigenvalue weighted by Gasteiger charge is 2.30. The number of nitrogens with one attached hydrogen (secondary N) is 1. The van der Waals surface area contributed by atoms with Crippen molar-refractivity contribution in [3.8, 4) is 11.1 Å². The number of hydrogen-bond acceptors (Lipinski definition) is 3. The summed E-state index contributed by atoms with van der Waals surface area (Å²) in [6.07, 6.45) is -1.11. The fourth-order valence-corrected chi connectivity index (χ4v) is 3.63. The molecule has 5 nitrogen and oxygen atoms in total. The van der Waals surface area contributed by atoms with Gasteiger partial charge >= 0.3 is 6.09 Å². The molecule has 1 heterocycles. The van der Waals surface area contributed by atoms with Crippen molar-refractivity contribution >= 4 is 17.6 Å². The van der Waals surface area contributed by atoms with Crippen molar-refractivity contribution in [2.24, 2.45) is 0 Å². The number of ether oxygens (including phenoxy) is 1. The van der Waals surface area contributed by atoms with E-state index in [0.29, 0.717) is 18.5 Å². The van der Waals surface area contributed by atoms with Gasteiger partial charge in [0.1, 0.15) is 11.8 Å². The lowest BCUT2D eigenvalue weighted by Gasteiger charge is -2.32. The lowest BCUT2D eigenvalue weighted by Crippen LogP contribution is -2.44. The average molecular weight is 439 g/mol. The molecule has 0 aliphatic carbocycles. The molecule has 1 aliphatic heterocycles. The summed E-state index contributed by atoms with van der Waals surface area (Å²) >= 11 is 0. The standard InChI is InChI=1S/C26H31FN2O3/c1-18(27)16-28-24(30)23-17-29(25(31)32-26(2,3)4)14-13-22(23)21-12-8-11-20(15-21)19-9-6-5-7-10-19/h5-12,15,18H,13-14,16-17H2,1-4H3,(H,28,30). The molecule has 1 N–H and O–H groups in total. The Balaban J connectivity index is 1.95. The molecule has 1 unspecified atom stereocenters. The SMILES string of the molecule is CC(F)CNC(=O)C1=C(c2cccc(-c3ccccc3)c2)CCN(C(=O)OC(C)(C)C)C1. The van der Waals surface area contributed by atoms with Crippen molar-refractivity contribution in [3.63, 3.8) is 0 Å². The minimum atomic E-state index is -1.16. The summed E-state index contributed by atoms with van der Waals surface area (Å²) < 4.78 is 18.9. The van der Waals surface area contributed by atoms with Gasteiger partial charge in [0, 0.05) is 18.7 Å². The number of alkyl halides is 1. The third-order valence-electron chi connectivity index (χ3n) is 5.13. The molecule has 1 aliphatic rings. The average Bonchev–Trinajstić information content (AvgIpc) is 2.76. The lowest BCUT2D eigenvalue weighted by atomic mass is 9.91. The Morgan fingerprint density at radius 1 is 1.06 bits per heavy atom. The van der Waals surface area contributed by atoms with E-state index in [4.69, 9.17) is 4.74 Å². The molecule has 0 aromatic heterocycles. The van der Waals surface area contributed by atoms with E-state index >= 15 is 0 Å². The first-order chi connectivity index (χ1) is 15.1. The second kappa shape index (κ2) is 9.98. The molecule has 1 atom stereocenters. The van der Waals surface area contributed by atoms with E-state index < -0.39 is 17.9 Å². The van der Waals surface area contributed by atoms with Crippen LogP contribution in [0.25, 0.3) is 16.7 Å². The Morgan fingerprint density at radius 3 is 2.38 bits per heavy atom. The van der Waals surface area contributed by atoms with Crippen LogP contribution >= 0.6 is 0 Å². The molecule has 6 heteroatoms. The van der Waals surface area contributed by atoms with Crippen LogP contribution in [0.1, 0.15) is 39.7 Å². The van der Waals surface area contributed by atoms with Crippen molar-refractivity contribution in [1.82, 2.24) is 10.2 Å². The smallest absolute Gasteiger partial charge is 0.410 e. The summed E-state index contributed by atoms with van der Waals surface area (Å²) in [4.78, 5) is 27.1. The maximum absolute atomic E-state index is 13.4. The first-order valence-corrected chi connectivity index (χ1v) is 10.9. The van der Waals surface area contributed by atoms with Gasteiger partial charge in [0.2, 0.25) is 5.91 Å². The second-order valence-electron chi connectivity index (χ2n) is 9.05. The molecule has 0 bridgehead atoms. The molecule has 2 aromatic rings. The molecule has 170 valence electrons. The molecular formula is C26H31FN2O3. The normalized spacial score (nSPS) is 15.3. The van der Waals surface area contributed by atoms with Gasteiger partial charge in [-0.3, -0.25) is 4.79 Å². The minimum absolute atomic E-state index is 0.0773. The molecular weight excluding hydrogens is 407 g/mol. The highest BCUT2D eigenvalue weighted by Crippen LogP contribution is 2.31. The second-order valence-corrected chi connectivity index (χ2v) is 9.05. The third-order valence-corrected chi connectivity index (χ3v) is 5.13. The lowest BCUT2D eigenvalue weighted by molar-refractivity contribution is -0.118. The molecule has 0 spiro atoms. The molecule has 32 heavy (non-hydrogen) atoms. The van der Waals surface area contributed by atoms with E-state index in [1.807, 2.05) is 48.5 Å². The Labute approximate surface area is 189 Å². The monoisotopic (exact) mass is 438 g/mol. The third kappa shape index (κ3) is 6.19. The van der Waals surface area contributed by atoms with Crippen molar-refractivity contribution in [2.75, 3.05) is 19.6 Å². The zero-order chi connectivity index (χ0) is 23.3. The molecule has 2 aromatic carbocycles. The van der Waals surface area contributed by atoms with Crippen LogP contribution < -0.4 is 5.32 Å². The van der Waals surface area contributed by atoms with Crippen LogP contribution in [0, 0.1) is 0 Å². The first kappa shape index (κ1) is 23.5. The van der Waals surface area contributed by atoms with Crippen molar-refractivity contribution in [2.45, 2.75) is 45.9 Å². The maximum Gasteiger partial charge on any atom is 0.410 e. The van der Waals surface area contributed by atoms with Crippen LogP contribution in [0.2, 0.25) is 0 Å². The van der Waals surface area contributed by atoms with E-state index in [0.717, 1.165) is 22.3 Å². The summed E-state index contributed by atoms with van der Waals surface area (Å²) in [5, 5.41) is 2.66. The Hall–Kier alpha value is -3.15. The van der Waals surface area contributed by atoms with Crippen LogP contribution in [-0.4, -0.2) is 48.3 Å². The number of halogens is 1. The van der Waals surface area contributed by atoms with Gasteiger partial charge in [-0.05, 0) is 62.4 Å². The molecule has 0 saturated carbocycles. The predicted octanol–water partition coefficient (Wildman–Crippen LogP) is 5.22. The number of hydrogen-bond donors (Lipinski definition) is 1. The van der Waals surface area contributed by atoms with Crippen LogP contribution in [0.4, 0.5) is 9.18 Å². The van der Waals surface area contributed by atoms with Crippen LogP contribution in [0.5, 0.6) is 0 Å². The number of rotatable bonds is 5. The molecule has 3 rings (SSSR count). The van der Waals surface area contributed by atoms with E-state index in [1.54, 1.807) is 20.8 Å². The number of carbonyl (C=O) groups excluding carboxylic acids is 2. The Kier molecular flexibility index (Phi) is 7.33. The first-order valence-electron chi connectivity index (χ1n) is 10.9. The minimum Gasteiger partial charge on any atom is -0.444 e. The van der Waals surface area contributed by atoms with Crippen molar-refractivity contribution < 1.29 is 18.7 Å². The Bertz CT molecular complexity index is 994. The van der Waals surface area contributed by atoms with E-state index in [1.165, 1.54) is 11.8 Å². The number of nitrogens with zero attached hydrogens (tertiary/aromatic N) is 1. The Morgan fingerprint density at radius 2 is 1.72 bits per heavy atom. The zero-order valence-corrected chi connectivity index (χ0v) is 19.2. The molecule has 2 amide bonds. The summed E-state index contributed by atoms with van der Waals surface area (Å²) in [5.74, 6) is -0.358. The van der Waals surface area contributed by atoms with Gasteiger partial charge < -0.3 is 15.0 Å². The highest BCUT2D eigenvalue weighted by molar-refractivity contribution is 6.02. The number of amides is 2. The van der Waals surface area contributed by atoms with Gasteiger partial charge in [-0.2, -0.15) is 0 Å². The maximum atomic E-state index is 13.4. The fraction of sp³-hybridized carbons (Fsp3) is 0.385. The summed E-state index contributed by atoms with van der Waals surface area (Å²) in [6.45, 7) is 7.30. The molecule has 0 radical (unpaired) electrons. The van der Waals surface area contributed by atoms with Gasteiger partial charge in [-0.1, -0.05) is 48.5 Å². The fourth-order valence-electron chi connectivity index (χ4n) is 3.63. The van der Waals surface area contributed by atoms with Crippen LogP contribution in [0.15, 0.2) is 60.2 Å². The van der Waals surface area contributed by atoms with Crippen LogP contribution in [0.3, 0.4) is 0 Å².